The molecule has 0 unspecified atom stereocenters. The fourth-order valence-electron chi connectivity index (χ4n) is 2.72. The van der Waals surface area contributed by atoms with Crippen molar-refractivity contribution in [2.75, 3.05) is 37.8 Å². The van der Waals surface area contributed by atoms with E-state index >= 15 is 0 Å². The zero-order chi connectivity index (χ0) is 18.3. The van der Waals surface area contributed by atoms with Crippen LogP contribution in [0.3, 0.4) is 0 Å². The van der Waals surface area contributed by atoms with Crippen LogP contribution in [-0.4, -0.2) is 48.6 Å². The lowest BCUT2D eigenvalue weighted by Crippen LogP contribution is -2.43. The Hall–Kier alpha value is -0.700. The zero-order valence-corrected chi connectivity index (χ0v) is 19.9. The molecule has 2 rings (SSSR count). The maximum atomic E-state index is 4.65. The molecular formula is C19H34IN5S. The number of nitrogens with one attached hydrogen (secondary N) is 2. The van der Waals surface area contributed by atoms with E-state index < -0.39 is 0 Å². The number of hydrogen-bond acceptors (Lipinski definition) is 4. The lowest BCUT2D eigenvalue weighted by Gasteiger charge is -2.31. The van der Waals surface area contributed by atoms with Gasteiger partial charge in [-0.3, -0.25) is 4.99 Å². The van der Waals surface area contributed by atoms with Crippen molar-refractivity contribution >= 4 is 47.5 Å². The van der Waals surface area contributed by atoms with Crippen molar-refractivity contribution in [3.63, 3.8) is 0 Å². The molecule has 0 spiro atoms. The minimum absolute atomic E-state index is 0. The van der Waals surface area contributed by atoms with Crippen molar-refractivity contribution in [1.29, 1.82) is 0 Å². The van der Waals surface area contributed by atoms with Gasteiger partial charge in [0.1, 0.15) is 5.82 Å². The minimum atomic E-state index is 0. The monoisotopic (exact) mass is 491 g/mol. The smallest absolute Gasteiger partial charge is 0.191 e. The van der Waals surface area contributed by atoms with Crippen LogP contribution in [0.25, 0.3) is 0 Å². The van der Waals surface area contributed by atoms with Crippen LogP contribution in [-0.2, 0) is 6.54 Å². The first-order chi connectivity index (χ1) is 11.9. The molecule has 2 heterocycles. The molecule has 7 heteroatoms. The van der Waals surface area contributed by atoms with Gasteiger partial charge in [0.05, 0.1) is 0 Å². The van der Waals surface area contributed by atoms with E-state index in [1.807, 2.05) is 18.0 Å². The van der Waals surface area contributed by atoms with Gasteiger partial charge in [-0.25, -0.2) is 4.98 Å². The first-order valence-electron chi connectivity index (χ1n) is 9.13. The topological polar surface area (TPSA) is 52.6 Å². The third-order valence-corrected chi connectivity index (χ3v) is 6.08. The van der Waals surface area contributed by atoms with Crippen LogP contribution in [0.15, 0.2) is 23.3 Å². The summed E-state index contributed by atoms with van der Waals surface area (Å²) in [5.41, 5.74) is 1.17. The van der Waals surface area contributed by atoms with E-state index in [0.29, 0.717) is 0 Å². The van der Waals surface area contributed by atoms with Crippen LogP contribution in [0.4, 0.5) is 5.82 Å². The molecule has 1 aliphatic rings. The van der Waals surface area contributed by atoms with Crippen LogP contribution in [0, 0.1) is 5.92 Å². The fourth-order valence-corrected chi connectivity index (χ4v) is 2.94. The normalized spacial score (nSPS) is 16.2. The summed E-state index contributed by atoms with van der Waals surface area (Å²) in [6, 6.07) is 4.30. The van der Waals surface area contributed by atoms with Gasteiger partial charge in [-0.1, -0.05) is 13.0 Å². The van der Waals surface area contributed by atoms with Crippen LogP contribution in [0.5, 0.6) is 0 Å². The van der Waals surface area contributed by atoms with Crippen LogP contribution in [0.1, 0.15) is 39.2 Å². The summed E-state index contributed by atoms with van der Waals surface area (Å²) in [5.74, 6) is 2.77. The molecule has 1 fully saturated rings. The van der Waals surface area contributed by atoms with E-state index in [1.165, 1.54) is 18.4 Å². The molecule has 0 bridgehead atoms. The summed E-state index contributed by atoms with van der Waals surface area (Å²) in [5, 5.41) is 6.75. The number of nitrogens with zero attached hydrogens (tertiary/aromatic N) is 3. The van der Waals surface area contributed by atoms with Crippen LogP contribution in [0.2, 0.25) is 0 Å². The van der Waals surface area contributed by atoms with Crippen molar-refractivity contribution in [2.24, 2.45) is 10.9 Å². The number of aliphatic imine (C=N–C) groups is 1. The van der Waals surface area contributed by atoms with Gasteiger partial charge in [0.15, 0.2) is 5.96 Å². The van der Waals surface area contributed by atoms with Crippen molar-refractivity contribution in [2.45, 2.75) is 44.9 Å². The van der Waals surface area contributed by atoms with E-state index in [0.717, 1.165) is 43.9 Å². The van der Waals surface area contributed by atoms with Gasteiger partial charge in [-0.05, 0) is 50.5 Å². The molecule has 1 aliphatic heterocycles. The summed E-state index contributed by atoms with van der Waals surface area (Å²) in [6.45, 7) is 10.6. The highest BCUT2D eigenvalue weighted by atomic mass is 127. The fraction of sp³-hybridized carbons (Fsp3) is 0.684. The minimum Gasteiger partial charge on any atom is -0.357 e. The van der Waals surface area contributed by atoms with E-state index in [-0.39, 0.29) is 28.7 Å². The van der Waals surface area contributed by atoms with Gasteiger partial charge in [0, 0.05) is 44.2 Å². The van der Waals surface area contributed by atoms with E-state index in [2.05, 4.69) is 64.7 Å². The standard InChI is InChI=1S/C19H33N5S.HI/c1-15-8-10-24(11-9-15)17-7-6-16(12-21-17)13-22-18(20-4)23-14-19(2,3)25-5;/h6-7,12,15H,8-11,13-14H2,1-5H3,(H2,20,22,23);1H. The Bertz CT molecular complexity index is 554. The number of anilines is 1. The number of hydrogen-bond donors (Lipinski definition) is 2. The molecule has 0 radical (unpaired) electrons. The SMILES string of the molecule is CN=C(NCc1ccc(N2CCC(C)CC2)nc1)NCC(C)(C)SC.I. The van der Waals surface area contributed by atoms with Gasteiger partial charge in [0.2, 0.25) is 0 Å². The van der Waals surface area contributed by atoms with Gasteiger partial charge >= 0.3 is 0 Å². The predicted octanol–water partition coefficient (Wildman–Crippen LogP) is 3.74. The molecule has 2 N–H and O–H groups in total. The Kier molecular flexibility index (Phi) is 10.1. The molecular weight excluding hydrogens is 457 g/mol. The molecule has 148 valence electrons. The lowest BCUT2D eigenvalue weighted by molar-refractivity contribution is 0.436. The molecule has 26 heavy (non-hydrogen) atoms. The first kappa shape index (κ1) is 23.3. The Morgan fingerprint density at radius 3 is 2.54 bits per heavy atom. The molecule has 0 saturated carbocycles. The second-order valence-electron chi connectivity index (χ2n) is 7.44. The lowest BCUT2D eigenvalue weighted by atomic mass is 9.99. The number of halogens is 1. The second-order valence-corrected chi connectivity index (χ2v) is 8.95. The molecule has 1 saturated heterocycles. The van der Waals surface area contributed by atoms with E-state index in [9.17, 15) is 0 Å². The van der Waals surface area contributed by atoms with Crippen molar-refractivity contribution in [3.05, 3.63) is 23.9 Å². The molecule has 5 nitrogen and oxygen atoms in total. The molecule has 0 atom stereocenters. The average molecular weight is 491 g/mol. The van der Waals surface area contributed by atoms with Gasteiger partial charge in [0.25, 0.3) is 0 Å². The summed E-state index contributed by atoms with van der Waals surface area (Å²) in [6.07, 6.45) is 6.63. The molecule has 0 amide bonds. The largest absolute Gasteiger partial charge is 0.357 e. The Balaban J connectivity index is 0.00000338. The highest BCUT2D eigenvalue weighted by Crippen LogP contribution is 2.21. The summed E-state index contributed by atoms with van der Waals surface area (Å²) in [7, 11) is 1.81. The van der Waals surface area contributed by atoms with Crippen molar-refractivity contribution in [1.82, 2.24) is 15.6 Å². The average Bonchev–Trinajstić information content (AvgIpc) is 2.63. The maximum Gasteiger partial charge on any atom is 0.191 e. The second kappa shape index (κ2) is 11.2. The van der Waals surface area contributed by atoms with Crippen molar-refractivity contribution < 1.29 is 0 Å². The third kappa shape index (κ3) is 7.50. The van der Waals surface area contributed by atoms with Gasteiger partial charge in [-0.2, -0.15) is 11.8 Å². The third-order valence-electron chi connectivity index (χ3n) is 4.83. The van der Waals surface area contributed by atoms with Gasteiger partial charge in [-0.15, -0.1) is 24.0 Å². The quantitative estimate of drug-likeness (QED) is 0.361. The number of thioether (sulfide) groups is 1. The van der Waals surface area contributed by atoms with Crippen LogP contribution >= 0.6 is 35.7 Å². The van der Waals surface area contributed by atoms with Gasteiger partial charge < -0.3 is 15.5 Å². The number of pyridine rings is 1. The predicted molar refractivity (Wildman–Crippen MR) is 126 cm³/mol. The van der Waals surface area contributed by atoms with E-state index in [4.69, 9.17) is 0 Å². The Labute approximate surface area is 180 Å². The highest BCUT2D eigenvalue weighted by Gasteiger charge is 2.17. The number of guanidine groups is 1. The Morgan fingerprint density at radius 2 is 2.00 bits per heavy atom. The number of piperidine rings is 1. The molecule has 1 aromatic rings. The van der Waals surface area contributed by atoms with Crippen LogP contribution < -0.4 is 15.5 Å². The molecule has 1 aromatic heterocycles. The number of rotatable bonds is 6. The maximum absolute atomic E-state index is 4.65. The first-order valence-corrected chi connectivity index (χ1v) is 10.4. The van der Waals surface area contributed by atoms with E-state index in [1.54, 1.807) is 7.05 Å². The zero-order valence-electron chi connectivity index (χ0n) is 16.7. The van der Waals surface area contributed by atoms with Crippen molar-refractivity contribution in [3.8, 4) is 0 Å². The highest BCUT2D eigenvalue weighted by molar-refractivity contribution is 14.0. The summed E-state index contributed by atoms with van der Waals surface area (Å²) in [4.78, 5) is 11.3. The number of aromatic nitrogens is 1. The molecule has 0 aromatic carbocycles. The summed E-state index contributed by atoms with van der Waals surface area (Å²) < 4.78 is 0.187. The summed E-state index contributed by atoms with van der Waals surface area (Å²) >= 11 is 1.85. The molecule has 0 aliphatic carbocycles. The Morgan fingerprint density at radius 1 is 1.31 bits per heavy atom.